The molecule has 0 bridgehead atoms. The topological polar surface area (TPSA) is 26.0 Å². The van der Waals surface area contributed by atoms with Crippen LogP contribution in [0.5, 0.6) is 0 Å². The molecule has 0 fully saturated rings. The number of rotatable bonds is 4. The first-order chi connectivity index (χ1) is 8.65. The van der Waals surface area contributed by atoms with E-state index < -0.39 is 0 Å². The highest BCUT2D eigenvalue weighted by Gasteiger charge is 2.06. The van der Waals surface area contributed by atoms with Crippen molar-refractivity contribution in [1.82, 2.24) is 0 Å². The van der Waals surface area contributed by atoms with Crippen molar-refractivity contribution in [1.29, 1.82) is 0 Å². The molecule has 0 aromatic heterocycles. The van der Waals surface area contributed by atoms with Gasteiger partial charge in [0.1, 0.15) is 0 Å². The van der Waals surface area contributed by atoms with Gasteiger partial charge in [-0.25, -0.2) is 0 Å². The number of hydrogen-bond acceptors (Lipinski definition) is 1. The van der Waals surface area contributed by atoms with Crippen LogP contribution in [0.25, 0.3) is 0 Å². The SMILES string of the molecule is Cc1ccc(CCC(N)c2ccc(Cl)cc2)cc1. The molecule has 18 heavy (non-hydrogen) atoms. The lowest BCUT2D eigenvalue weighted by Gasteiger charge is -2.12. The fourth-order valence-corrected chi connectivity index (χ4v) is 2.08. The van der Waals surface area contributed by atoms with Crippen molar-refractivity contribution in [3.63, 3.8) is 0 Å². The van der Waals surface area contributed by atoms with Gasteiger partial charge in [-0.3, -0.25) is 0 Å². The zero-order valence-electron chi connectivity index (χ0n) is 10.6. The minimum Gasteiger partial charge on any atom is -0.324 e. The summed E-state index contributed by atoms with van der Waals surface area (Å²) in [4.78, 5) is 0. The summed E-state index contributed by atoms with van der Waals surface area (Å²) in [6.45, 7) is 2.10. The van der Waals surface area contributed by atoms with Gasteiger partial charge in [0.25, 0.3) is 0 Å². The molecular weight excluding hydrogens is 242 g/mol. The summed E-state index contributed by atoms with van der Waals surface area (Å²) >= 11 is 5.86. The summed E-state index contributed by atoms with van der Waals surface area (Å²) < 4.78 is 0. The molecule has 0 heterocycles. The lowest BCUT2D eigenvalue weighted by molar-refractivity contribution is 0.651. The highest BCUT2D eigenvalue weighted by atomic mass is 35.5. The lowest BCUT2D eigenvalue weighted by Crippen LogP contribution is -2.11. The largest absolute Gasteiger partial charge is 0.324 e. The van der Waals surface area contributed by atoms with Gasteiger partial charge in [0.2, 0.25) is 0 Å². The molecule has 94 valence electrons. The third-order valence-corrected chi connectivity index (χ3v) is 3.41. The fraction of sp³-hybridized carbons (Fsp3) is 0.250. The molecule has 0 aliphatic heterocycles. The van der Waals surface area contributed by atoms with Gasteiger partial charge in [0, 0.05) is 11.1 Å². The standard InChI is InChI=1S/C16H18ClN/c1-12-2-4-13(5-3-12)6-11-16(18)14-7-9-15(17)10-8-14/h2-5,7-10,16H,6,11,18H2,1H3. The lowest BCUT2D eigenvalue weighted by atomic mass is 9.99. The molecule has 2 rings (SSSR count). The Balaban J connectivity index is 1.93. The molecule has 0 spiro atoms. The van der Waals surface area contributed by atoms with Crippen LogP contribution in [0, 0.1) is 6.92 Å². The molecule has 1 atom stereocenters. The van der Waals surface area contributed by atoms with Gasteiger partial charge >= 0.3 is 0 Å². The van der Waals surface area contributed by atoms with Gasteiger partial charge < -0.3 is 5.73 Å². The van der Waals surface area contributed by atoms with E-state index in [0.29, 0.717) is 0 Å². The maximum atomic E-state index is 6.18. The van der Waals surface area contributed by atoms with E-state index in [1.54, 1.807) is 0 Å². The molecule has 0 saturated carbocycles. The molecule has 2 heteroatoms. The van der Waals surface area contributed by atoms with Crippen LogP contribution in [0.15, 0.2) is 48.5 Å². The van der Waals surface area contributed by atoms with E-state index in [4.69, 9.17) is 17.3 Å². The third-order valence-electron chi connectivity index (χ3n) is 3.16. The Morgan fingerprint density at radius 2 is 1.61 bits per heavy atom. The Hall–Kier alpha value is -1.31. The van der Waals surface area contributed by atoms with Crippen LogP contribution in [-0.4, -0.2) is 0 Å². The maximum Gasteiger partial charge on any atom is 0.0406 e. The maximum absolute atomic E-state index is 6.18. The van der Waals surface area contributed by atoms with Crippen LogP contribution < -0.4 is 5.73 Å². The summed E-state index contributed by atoms with van der Waals surface area (Å²) in [5, 5.41) is 0.754. The van der Waals surface area contributed by atoms with Crippen molar-refractivity contribution >= 4 is 11.6 Å². The minimum absolute atomic E-state index is 0.0727. The van der Waals surface area contributed by atoms with Crippen molar-refractivity contribution < 1.29 is 0 Å². The van der Waals surface area contributed by atoms with Crippen molar-refractivity contribution in [3.05, 3.63) is 70.2 Å². The van der Waals surface area contributed by atoms with Gasteiger partial charge in [0.15, 0.2) is 0 Å². The predicted molar refractivity (Wildman–Crippen MR) is 77.9 cm³/mol. The smallest absolute Gasteiger partial charge is 0.0406 e. The van der Waals surface area contributed by atoms with Crippen molar-refractivity contribution in [2.45, 2.75) is 25.8 Å². The average Bonchev–Trinajstić information content (AvgIpc) is 2.38. The summed E-state index contributed by atoms with van der Waals surface area (Å²) in [6.07, 6.45) is 1.95. The van der Waals surface area contributed by atoms with Crippen molar-refractivity contribution in [3.8, 4) is 0 Å². The Labute approximate surface area is 114 Å². The molecule has 2 aromatic rings. The second-order valence-corrected chi connectivity index (χ2v) is 5.12. The molecule has 0 saturated heterocycles. The Morgan fingerprint density at radius 1 is 1.00 bits per heavy atom. The highest BCUT2D eigenvalue weighted by Crippen LogP contribution is 2.19. The molecule has 0 aliphatic carbocycles. The van der Waals surface area contributed by atoms with Gasteiger partial charge in [0.05, 0.1) is 0 Å². The number of aryl methyl sites for hydroxylation is 2. The van der Waals surface area contributed by atoms with E-state index in [2.05, 4.69) is 31.2 Å². The van der Waals surface area contributed by atoms with E-state index in [0.717, 1.165) is 23.4 Å². The molecule has 1 nitrogen and oxygen atoms in total. The molecule has 2 N–H and O–H groups in total. The van der Waals surface area contributed by atoms with Crippen molar-refractivity contribution in [2.75, 3.05) is 0 Å². The monoisotopic (exact) mass is 259 g/mol. The van der Waals surface area contributed by atoms with Gasteiger partial charge in [-0.2, -0.15) is 0 Å². The number of nitrogens with two attached hydrogens (primary N) is 1. The summed E-state index contributed by atoms with van der Waals surface area (Å²) in [5.74, 6) is 0. The van der Waals surface area contributed by atoms with E-state index in [1.165, 1.54) is 11.1 Å². The van der Waals surface area contributed by atoms with Crippen LogP contribution in [0.3, 0.4) is 0 Å². The number of hydrogen-bond donors (Lipinski definition) is 1. The predicted octanol–water partition coefficient (Wildman–Crippen LogP) is 4.28. The molecule has 0 aliphatic rings. The first-order valence-electron chi connectivity index (χ1n) is 6.22. The van der Waals surface area contributed by atoms with Crippen LogP contribution in [0.2, 0.25) is 5.02 Å². The minimum atomic E-state index is 0.0727. The zero-order chi connectivity index (χ0) is 13.0. The summed E-state index contributed by atoms with van der Waals surface area (Å²) in [7, 11) is 0. The first kappa shape index (κ1) is 13.1. The van der Waals surface area contributed by atoms with E-state index in [1.807, 2.05) is 24.3 Å². The molecular formula is C16H18ClN. The van der Waals surface area contributed by atoms with E-state index >= 15 is 0 Å². The number of halogens is 1. The number of benzene rings is 2. The fourth-order valence-electron chi connectivity index (χ4n) is 1.95. The normalized spacial score (nSPS) is 12.4. The van der Waals surface area contributed by atoms with Gasteiger partial charge in [-0.1, -0.05) is 53.6 Å². The van der Waals surface area contributed by atoms with Gasteiger partial charge in [-0.15, -0.1) is 0 Å². The third kappa shape index (κ3) is 3.59. The van der Waals surface area contributed by atoms with E-state index in [-0.39, 0.29) is 6.04 Å². The van der Waals surface area contributed by atoms with Crippen LogP contribution >= 0.6 is 11.6 Å². The summed E-state index contributed by atoms with van der Waals surface area (Å²) in [5.41, 5.74) is 9.95. The van der Waals surface area contributed by atoms with Crippen LogP contribution in [-0.2, 0) is 6.42 Å². The quantitative estimate of drug-likeness (QED) is 0.871. The zero-order valence-corrected chi connectivity index (χ0v) is 11.3. The second-order valence-electron chi connectivity index (χ2n) is 4.68. The van der Waals surface area contributed by atoms with Crippen LogP contribution in [0.1, 0.15) is 29.2 Å². The van der Waals surface area contributed by atoms with E-state index in [9.17, 15) is 0 Å². The highest BCUT2D eigenvalue weighted by molar-refractivity contribution is 6.30. The second kappa shape index (κ2) is 6.03. The molecule has 2 aromatic carbocycles. The molecule has 0 amide bonds. The molecule has 1 unspecified atom stereocenters. The summed E-state index contributed by atoms with van der Waals surface area (Å²) in [6, 6.07) is 16.5. The average molecular weight is 260 g/mol. The Morgan fingerprint density at radius 3 is 2.22 bits per heavy atom. The Bertz CT molecular complexity index is 488. The first-order valence-corrected chi connectivity index (χ1v) is 6.59. The van der Waals surface area contributed by atoms with Crippen molar-refractivity contribution in [2.24, 2.45) is 5.73 Å². The van der Waals surface area contributed by atoms with Gasteiger partial charge in [-0.05, 0) is 43.0 Å². The Kier molecular flexibility index (Phi) is 4.40. The van der Waals surface area contributed by atoms with Crippen LogP contribution in [0.4, 0.5) is 0 Å². The molecule has 0 radical (unpaired) electrons.